The average Bonchev–Trinajstić information content (AvgIpc) is 2.17. The van der Waals surface area contributed by atoms with Crippen LogP contribution in [0, 0.1) is 5.41 Å². The number of nitrogens with one attached hydrogen (secondary N) is 2. The van der Waals surface area contributed by atoms with E-state index in [9.17, 15) is 4.79 Å². The molecule has 1 aliphatic heterocycles. The molecule has 1 fully saturated rings. The highest BCUT2D eigenvalue weighted by atomic mass is 16.5. The molecule has 1 heterocycles. The molecule has 2 atom stereocenters. The molecular formula is C11H22N2O2. The summed E-state index contributed by atoms with van der Waals surface area (Å²) < 4.78 is 5.25. The second-order valence-electron chi connectivity index (χ2n) is 5.18. The first-order chi connectivity index (χ1) is 6.91. The van der Waals surface area contributed by atoms with Gasteiger partial charge >= 0.3 is 0 Å². The molecule has 4 nitrogen and oxygen atoms in total. The van der Waals surface area contributed by atoms with Gasteiger partial charge in [-0.25, -0.2) is 0 Å². The molecule has 0 aliphatic carbocycles. The molecule has 1 aliphatic rings. The highest BCUT2D eigenvalue weighted by Crippen LogP contribution is 2.18. The Morgan fingerprint density at radius 2 is 2.20 bits per heavy atom. The molecule has 0 aromatic heterocycles. The van der Waals surface area contributed by atoms with Gasteiger partial charge in [-0.2, -0.15) is 0 Å². The van der Waals surface area contributed by atoms with Crippen LogP contribution in [-0.4, -0.2) is 37.7 Å². The maximum absolute atomic E-state index is 11.8. The first-order valence-electron chi connectivity index (χ1n) is 5.53. The monoisotopic (exact) mass is 214 g/mol. The second-order valence-corrected chi connectivity index (χ2v) is 5.18. The van der Waals surface area contributed by atoms with E-state index in [1.165, 1.54) is 0 Å². The number of morpholine rings is 1. The summed E-state index contributed by atoms with van der Waals surface area (Å²) in [6, 6.07) is -0.0303. The first-order valence-corrected chi connectivity index (χ1v) is 5.53. The molecule has 1 rings (SSSR count). The Labute approximate surface area is 91.8 Å². The van der Waals surface area contributed by atoms with Crippen molar-refractivity contribution in [2.75, 3.05) is 19.8 Å². The molecule has 2 N–H and O–H groups in total. The molecule has 2 unspecified atom stereocenters. The lowest BCUT2D eigenvalue weighted by Crippen LogP contribution is -2.54. The number of rotatable bonds is 2. The van der Waals surface area contributed by atoms with Crippen LogP contribution in [0.4, 0.5) is 0 Å². The third-order valence-corrected chi connectivity index (χ3v) is 2.90. The number of hydrogen-bond donors (Lipinski definition) is 2. The predicted molar refractivity (Wildman–Crippen MR) is 59.7 cm³/mol. The standard InChI is InChI=1S/C11H22N2O2/c1-8(11(2,3)4)13-10(14)9-7-15-6-5-12-9/h8-9,12H,5-7H2,1-4H3,(H,13,14). The van der Waals surface area contributed by atoms with Crippen LogP contribution < -0.4 is 10.6 Å². The van der Waals surface area contributed by atoms with Crippen molar-refractivity contribution in [3.63, 3.8) is 0 Å². The van der Waals surface area contributed by atoms with Crippen LogP contribution in [0.15, 0.2) is 0 Å². The van der Waals surface area contributed by atoms with Crippen molar-refractivity contribution in [1.82, 2.24) is 10.6 Å². The summed E-state index contributed by atoms with van der Waals surface area (Å²) in [7, 11) is 0. The number of carbonyl (C=O) groups excluding carboxylic acids is 1. The lowest BCUT2D eigenvalue weighted by molar-refractivity contribution is -0.127. The summed E-state index contributed by atoms with van der Waals surface area (Å²) in [4.78, 5) is 11.8. The van der Waals surface area contributed by atoms with Gasteiger partial charge in [-0.05, 0) is 12.3 Å². The lowest BCUT2D eigenvalue weighted by Gasteiger charge is -2.31. The van der Waals surface area contributed by atoms with Gasteiger partial charge in [0.1, 0.15) is 6.04 Å². The van der Waals surface area contributed by atoms with Gasteiger partial charge in [-0.3, -0.25) is 4.79 Å². The van der Waals surface area contributed by atoms with Gasteiger partial charge in [0.05, 0.1) is 13.2 Å². The van der Waals surface area contributed by atoms with Crippen molar-refractivity contribution in [3.8, 4) is 0 Å². The van der Waals surface area contributed by atoms with E-state index in [1.807, 2.05) is 6.92 Å². The second kappa shape index (κ2) is 4.94. The minimum atomic E-state index is -0.191. The molecule has 0 spiro atoms. The third-order valence-electron chi connectivity index (χ3n) is 2.90. The Kier molecular flexibility index (Phi) is 4.11. The van der Waals surface area contributed by atoms with Crippen LogP contribution in [-0.2, 0) is 9.53 Å². The Balaban J connectivity index is 2.40. The minimum absolute atomic E-state index is 0.0390. The van der Waals surface area contributed by atoms with Gasteiger partial charge in [-0.15, -0.1) is 0 Å². The quantitative estimate of drug-likeness (QED) is 0.705. The summed E-state index contributed by atoms with van der Waals surface area (Å²) >= 11 is 0. The topological polar surface area (TPSA) is 50.4 Å². The molecule has 0 saturated carbocycles. The third kappa shape index (κ3) is 3.80. The SMILES string of the molecule is CC(NC(=O)C1COCCN1)C(C)(C)C. The highest BCUT2D eigenvalue weighted by molar-refractivity contribution is 5.82. The molecule has 0 aromatic rings. The Hall–Kier alpha value is -0.610. The number of amides is 1. The van der Waals surface area contributed by atoms with Crippen molar-refractivity contribution < 1.29 is 9.53 Å². The first kappa shape index (κ1) is 12.5. The summed E-state index contributed by atoms with van der Waals surface area (Å²) in [5.41, 5.74) is 0.0885. The van der Waals surface area contributed by atoms with E-state index < -0.39 is 0 Å². The fraction of sp³-hybridized carbons (Fsp3) is 0.909. The highest BCUT2D eigenvalue weighted by Gasteiger charge is 2.26. The van der Waals surface area contributed by atoms with E-state index in [0.29, 0.717) is 13.2 Å². The molecule has 15 heavy (non-hydrogen) atoms. The Morgan fingerprint density at radius 1 is 1.53 bits per heavy atom. The Morgan fingerprint density at radius 3 is 2.67 bits per heavy atom. The van der Waals surface area contributed by atoms with Gasteiger partial charge in [-0.1, -0.05) is 20.8 Å². The van der Waals surface area contributed by atoms with Crippen LogP contribution in [0.25, 0.3) is 0 Å². The number of hydrogen-bond acceptors (Lipinski definition) is 3. The zero-order valence-electron chi connectivity index (χ0n) is 10.1. The van der Waals surface area contributed by atoms with E-state index in [1.54, 1.807) is 0 Å². The van der Waals surface area contributed by atoms with Gasteiger partial charge in [0.15, 0.2) is 0 Å². The van der Waals surface area contributed by atoms with Crippen LogP contribution in [0.5, 0.6) is 0 Å². The van der Waals surface area contributed by atoms with Crippen LogP contribution in [0.3, 0.4) is 0 Å². The predicted octanol–water partition coefficient (Wildman–Crippen LogP) is 0.526. The van der Waals surface area contributed by atoms with E-state index in [2.05, 4.69) is 31.4 Å². The van der Waals surface area contributed by atoms with Crippen molar-refractivity contribution >= 4 is 5.91 Å². The fourth-order valence-electron chi connectivity index (χ4n) is 1.26. The number of ether oxygens (including phenoxy) is 1. The van der Waals surface area contributed by atoms with Crippen molar-refractivity contribution in [3.05, 3.63) is 0 Å². The van der Waals surface area contributed by atoms with Gasteiger partial charge < -0.3 is 15.4 Å². The maximum atomic E-state index is 11.8. The zero-order chi connectivity index (χ0) is 11.5. The molecule has 88 valence electrons. The summed E-state index contributed by atoms with van der Waals surface area (Å²) in [6.07, 6.45) is 0. The summed E-state index contributed by atoms with van der Waals surface area (Å²) in [5, 5.41) is 6.15. The molecule has 0 bridgehead atoms. The van der Waals surface area contributed by atoms with Crippen LogP contribution >= 0.6 is 0 Å². The average molecular weight is 214 g/mol. The van der Waals surface area contributed by atoms with Crippen molar-refractivity contribution in [1.29, 1.82) is 0 Å². The minimum Gasteiger partial charge on any atom is -0.378 e. The Bertz CT molecular complexity index is 217. The van der Waals surface area contributed by atoms with Crippen LogP contribution in [0.1, 0.15) is 27.7 Å². The van der Waals surface area contributed by atoms with E-state index in [4.69, 9.17) is 4.74 Å². The molecular weight excluding hydrogens is 192 g/mol. The lowest BCUT2D eigenvalue weighted by atomic mass is 9.88. The zero-order valence-corrected chi connectivity index (χ0v) is 10.1. The van der Waals surface area contributed by atoms with Gasteiger partial charge in [0, 0.05) is 12.6 Å². The van der Waals surface area contributed by atoms with Crippen molar-refractivity contribution in [2.24, 2.45) is 5.41 Å². The van der Waals surface area contributed by atoms with Gasteiger partial charge in [0.25, 0.3) is 0 Å². The van der Waals surface area contributed by atoms with E-state index in [-0.39, 0.29) is 23.4 Å². The molecule has 4 heteroatoms. The van der Waals surface area contributed by atoms with Crippen LogP contribution in [0.2, 0.25) is 0 Å². The maximum Gasteiger partial charge on any atom is 0.239 e. The largest absolute Gasteiger partial charge is 0.378 e. The van der Waals surface area contributed by atoms with Gasteiger partial charge in [0.2, 0.25) is 5.91 Å². The summed E-state index contributed by atoms with van der Waals surface area (Å²) in [5.74, 6) is 0.0390. The fourth-order valence-corrected chi connectivity index (χ4v) is 1.26. The van der Waals surface area contributed by atoms with E-state index >= 15 is 0 Å². The molecule has 0 radical (unpaired) electrons. The molecule has 1 amide bonds. The molecule has 0 aromatic carbocycles. The summed E-state index contributed by atoms with van der Waals surface area (Å²) in [6.45, 7) is 10.3. The molecule has 1 saturated heterocycles. The normalized spacial score (nSPS) is 24.7. The smallest absolute Gasteiger partial charge is 0.239 e. The van der Waals surface area contributed by atoms with E-state index in [0.717, 1.165) is 6.54 Å². The number of carbonyl (C=O) groups is 1. The van der Waals surface area contributed by atoms with Crippen molar-refractivity contribution in [2.45, 2.75) is 39.8 Å².